The molecule has 1 saturated heterocycles. The monoisotopic (exact) mass is 566 g/mol. The van der Waals surface area contributed by atoms with Crippen LogP contribution in [0.1, 0.15) is 37.8 Å². The van der Waals surface area contributed by atoms with Gasteiger partial charge < -0.3 is 20.9 Å². The lowest BCUT2D eigenvalue weighted by Gasteiger charge is -2.33. The van der Waals surface area contributed by atoms with Gasteiger partial charge in [-0.15, -0.1) is 24.0 Å². The average Bonchev–Trinajstić information content (AvgIpc) is 2.74. The number of nitrogens with one attached hydrogen (secondary N) is 3. The number of hydrogen-bond donors (Lipinski definition) is 3. The predicted molar refractivity (Wildman–Crippen MR) is 135 cm³/mol. The molecule has 2 rings (SSSR count). The molecule has 3 N–H and O–H groups in total. The van der Waals surface area contributed by atoms with Gasteiger partial charge >= 0.3 is 0 Å². The third-order valence-electron chi connectivity index (χ3n) is 5.51. The highest BCUT2D eigenvalue weighted by Crippen LogP contribution is 2.23. The Labute approximate surface area is 207 Å². The molecule has 1 unspecified atom stereocenters. The summed E-state index contributed by atoms with van der Waals surface area (Å²) in [5.74, 6) is -0.443. The summed E-state index contributed by atoms with van der Waals surface area (Å²) in [6.45, 7) is 5.14. The summed E-state index contributed by atoms with van der Waals surface area (Å²) >= 11 is 0. The van der Waals surface area contributed by atoms with Gasteiger partial charge in [0.25, 0.3) is 0 Å². The molecule has 32 heavy (non-hydrogen) atoms. The van der Waals surface area contributed by atoms with Gasteiger partial charge in [0.05, 0.1) is 12.6 Å². The van der Waals surface area contributed by atoms with Crippen LogP contribution in [0.3, 0.4) is 0 Å². The normalized spacial score (nSPS) is 16.4. The number of guanidine groups is 1. The van der Waals surface area contributed by atoms with E-state index in [4.69, 9.17) is 0 Å². The molecular formula is C22H37F2IN6O. The highest BCUT2D eigenvalue weighted by molar-refractivity contribution is 14.0. The Morgan fingerprint density at radius 3 is 2.38 bits per heavy atom. The van der Waals surface area contributed by atoms with E-state index >= 15 is 0 Å². The van der Waals surface area contributed by atoms with Crippen molar-refractivity contribution in [1.82, 2.24) is 25.8 Å². The Morgan fingerprint density at radius 1 is 1.22 bits per heavy atom. The van der Waals surface area contributed by atoms with E-state index < -0.39 is 17.7 Å². The van der Waals surface area contributed by atoms with Crippen molar-refractivity contribution in [3.8, 4) is 0 Å². The Kier molecular flexibility index (Phi) is 13.0. The summed E-state index contributed by atoms with van der Waals surface area (Å²) in [6, 6.07) is 3.66. The largest absolute Gasteiger partial charge is 0.355 e. The van der Waals surface area contributed by atoms with Crippen LogP contribution in [0.5, 0.6) is 0 Å². The number of aliphatic imine (C=N–C) groups is 1. The summed E-state index contributed by atoms with van der Waals surface area (Å²) in [7, 11) is 5.26. The molecule has 0 aromatic heterocycles. The zero-order valence-electron chi connectivity index (χ0n) is 19.5. The third kappa shape index (κ3) is 8.78. The van der Waals surface area contributed by atoms with E-state index in [1.807, 2.05) is 6.92 Å². The Balaban J connectivity index is 0.00000512. The lowest BCUT2D eigenvalue weighted by Crippen LogP contribution is -2.51. The molecule has 0 radical (unpaired) electrons. The van der Waals surface area contributed by atoms with E-state index in [-0.39, 0.29) is 41.5 Å². The Bertz CT molecular complexity index is 721. The van der Waals surface area contributed by atoms with Gasteiger partial charge in [-0.3, -0.25) is 14.7 Å². The second-order valence-electron chi connectivity index (χ2n) is 8.11. The van der Waals surface area contributed by atoms with Crippen molar-refractivity contribution in [2.75, 3.05) is 53.9 Å². The van der Waals surface area contributed by atoms with Crippen LogP contribution in [0.4, 0.5) is 8.78 Å². The van der Waals surface area contributed by atoms with Crippen molar-refractivity contribution >= 4 is 35.8 Å². The summed E-state index contributed by atoms with van der Waals surface area (Å²) in [5.41, 5.74) is 0.0464. The van der Waals surface area contributed by atoms with Crippen molar-refractivity contribution in [3.63, 3.8) is 0 Å². The van der Waals surface area contributed by atoms with Gasteiger partial charge in [-0.1, -0.05) is 13.0 Å². The van der Waals surface area contributed by atoms with Crippen LogP contribution in [0.15, 0.2) is 23.2 Å². The maximum absolute atomic E-state index is 14.3. The quantitative estimate of drug-likeness (QED) is 0.243. The van der Waals surface area contributed by atoms with E-state index in [0.29, 0.717) is 25.6 Å². The van der Waals surface area contributed by atoms with Crippen molar-refractivity contribution < 1.29 is 13.6 Å². The number of likely N-dealkylation sites (tertiary alicyclic amines) is 1. The lowest BCUT2D eigenvalue weighted by molar-refractivity contribution is -0.122. The highest BCUT2D eigenvalue weighted by atomic mass is 127. The van der Waals surface area contributed by atoms with Crippen molar-refractivity contribution in [1.29, 1.82) is 0 Å². The molecule has 1 aliphatic rings. The van der Waals surface area contributed by atoms with Crippen LogP contribution in [0, 0.1) is 11.6 Å². The Hall–Kier alpha value is -1.53. The molecule has 0 bridgehead atoms. The molecule has 1 atom stereocenters. The zero-order chi connectivity index (χ0) is 22.8. The van der Waals surface area contributed by atoms with Crippen LogP contribution in [0.2, 0.25) is 0 Å². The molecule has 7 nitrogen and oxygen atoms in total. The number of piperidine rings is 1. The molecule has 1 heterocycles. The number of likely N-dealkylation sites (N-methyl/N-ethyl adjacent to an activating group) is 1. The van der Waals surface area contributed by atoms with Crippen molar-refractivity contribution in [3.05, 3.63) is 35.4 Å². The van der Waals surface area contributed by atoms with E-state index in [9.17, 15) is 13.6 Å². The minimum absolute atomic E-state index is 0. The SMILES string of the molecule is CCCNC(=O)CN1CCC(NC(=NC)NCC(c2c(F)cccc2F)N(C)C)CC1.I. The van der Waals surface area contributed by atoms with Crippen molar-refractivity contribution in [2.45, 2.75) is 38.3 Å². The van der Waals surface area contributed by atoms with Crippen LogP contribution < -0.4 is 16.0 Å². The molecule has 1 fully saturated rings. The first kappa shape index (κ1) is 28.5. The van der Waals surface area contributed by atoms with Crippen LogP contribution in [-0.2, 0) is 4.79 Å². The zero-order valence-corrected chi connectivity index (χ0v) is 21.8. The van der Waals surface area contributed by atoms with Crippen LogP contribution in [0.25, 0.3) is 0 Å². The van der Waals surface area contributed by atoms with Crippen LogP contribution >= 0.6 is 24.0 Å². The standard InChI is InChI=1S/C22H36F2N6O.HI/c1-5-11-26-20(31)15-30-12-9-16(10-13-30)28-22(25-2)27-14-19(29(3)4)21-17(23)7-6-8-18(21)24;/h6-8,16,19H,5,9-15H2,1-4H3,(H,26,31)(H2,25,27,28);1H. The molecule has 1 aromatic carbocycles. The number of nitrogens with zero attached hydrogens (tertiary/aromatic N) is 3. The van der Waals surface area contributed by atoms with Gasteiger partial charge in [0, 0.05) is 44.8 Å². The lowest BCUT2D eigenvalue weighted by atomic mass is 10.0. The first-order valence-corrected chi connectivity index (χ1v) is 10.9. The second-order valence-corrected chi connectivity index (χ2v) is 8.11. The van der Waals surface area contributed by atoms with Gasteiger partial charge in [0.2, 0.25) is 5.91 Å². The van der Waals surface area contributed by atoms with Gasteiger partial charge in [0.1, 0.15) is 11.6 Å². The summed E-state index contributed by atoms with van der Waals surface area (Å²) in [6.07, 6.45) is 2.71. The third-order valence-corrected chi connectivity index (χ3v) is 5.51. The molecule has 182 valence electrons. The topological polar surface area (TPSA) is 72.0 Å². The van der Waals surface area contributed by atoms with E-state index in [1.54, 1.807) is 26.0 Å². The summed E-state index contributed by atoms with van der Waals surface area (Å²) in [4.78, 5) is 20.1. The highest BCUT2D eigenvalue weighted by Gasteiger charge is 2.24. The smallest absolute Gasteiger partial charge is 0.234 e. The molecule has 1 amide bonds. The number of carbonyl (C=O) groups is 1. The number of amides is 1. The maximum Gasteiger partial charge on any atom is 0.234 e. The number of carbonyl (C=O) groups excluding carboxylic acids is 1. The van der Waals surface area contributed by atoms with E-state index in [0.717, 1.165) is 32.4 Å². The van der Waals surface area contributed by atoms with Crippen LogP contribution in [-0.4, -0.2) is 81.6 Å². The fraction of sp³-hybridized carbons (Fsp3) is 0.636. The fourth-order valence-electron chi connectivity index (χ4n) is 3.71. The summed E-state index contributed by atoms with van der Waals surface area (Å²) in [5, 5.41) is 9.51. The molecule has 0 saturated carbocycles. The minimum atomic E-state index is -0.557. The fourth-order valence-corrected chi connectivity index (χ4v) is 3.71. The molecular weight excluding hydrogens is 529 g/mol. The van der Waals surface area contributed by atoms with Crippen molar-refractivity contribution in [2.24, 2.45) is 4.99 Å². The molecule has 0 aliphatic carbocycles. The first-order valence-electron chi connectivity index (χ1n) is 10.9. The maximum atomic E-state index is 14.3. The second kappa shape index (κ2) is 14.6. The molecule has 1 aromatic rings. The first-order chi connectivity index (χ1) is 14.8. The Morgan fingerprint density at radius 2 is 1.84 bits per heavy atom. The van der Waals surface area contributed by atoms with E-state index in [1.165, 1.54) is 18.2 Å². The average molecular weight is 566 g/mol. The van der Waals surface area contributed by atoms with Gasteiger partial charge in [-0.2, -0.15) is 0 Å². The van der Waals surface area contributed by atoms with Gasteiger partial charge in [0.15, 0.2) is 5.96 Å². The van der Waals surface area contributed by atoms with E-state index in [2.05, 4.69) is 25.8 Å². The number of halogens is 3. The molecule has 0 spiro atoms. The molecule has 1 aliphatic heterocycles. The predicted octanol–water partition coefficient (Wildman–Crippen LogP) is 2.34. The number of benzene rings is 1. The number of rotatable bonds is 9. The number of hydrogen-bond acceptors (Lipinski definition) is 4. The summed E-state index contributed by atoms with van der Waals surface area (Å²) < 4.78 is 28.5. The van der Waals surface area contributed by atoms with Gasteiger partial charge in [-0.05, 0) is 45.5 Å². The van der Waals surface area contributed by atoms with Gasteiger partial charge in [-0.25, -0.2) is 8.78 Å². The molecule has 10 heteroatoms. The minimum Gasteiger partial charge on any atom is -0.355 e.